The first kappa shape index (κ1) is 14.1. The Balaban J connectivity index is 1.67. The van der Waals surface area contributed by atoms with Crippen LogP contribution >= 0.6 is 0 Å². The molecule has 1 aromatic carbocycles. The summed E-state index contributed by atoms with van der Waals surface area (Å²) >= 11 is 0. The molecule has 1 aliphatic carbocycles. The normalized spacial score (nSPS) is 19.2. The van der Waals surface area contributed by atoms with Crippen molar-refractivity contribution < 1.29 is 14.7 Å². The maximum atomic E-state index is 12.2. The van der Waals surface area contributed by atoms with Gasteiger partial charge in [-0.15, -0.1) is 0 Å². The number of nitrogens with one attached hydrogen (secondary N) is 2. The van der Waals surface area contributed by atoms with E-state index in [4.69, 9.17) is 0 Å². The number of carbonyl (C=O) groups excluding carboxylic acids is 1. The molecule has 5 nitrogen and oxygen atoms in total. The van der Waals surface area contributed by atoms with Crippen LogP contribution in [-0.4, -0.2) is 30.1 Å². The molecular weight excluding hydrogens is 268 g/mol. The van der Waals surface area contributed by atoms with E-state index in [9.17, 15) is 14.7 Å². The number of rotatable bonds is 4. The highest BCUT2D eigenvalue weighted by atomic mass is 16.4. The van der Waals surface area contributed by atoms with Gasteiger partial charge in [0.25, 0.3) is 5.91 Å². The average molecular weight is 288 g/mol. The molecule has 0 bridgehead atoms. The largest absolute Gasteiger partial charge is 0.481 e. The van der Waals surface area contributed by atoms with E-state index < -0.39 is 11.4 Å². The van der Waals surface area contributed by atoms with Gasteiger partial charge in [-0.05, 0) is 49.1 Å². The van der Waals surface area contributed by atoms with Crippen molar-refractivity contribution in [2.24, 2.45) is 5.41 Å². The fraction of sp³-hybridized carbons (Fsp3) is 0.500. The van der Waals surface area contributed by atoms with E-state index in [2.05, 4.69) is 10.6 Å². The molecule has 1 fully saturated rings. The van der Waals surface area contributed by atoms with Crippen molar-refractivity contribution in [2.75, 3.05) is 13.1 Å². The monoisotopic (exact) mass is 288 g/mol. The minimum absolute atomic E-state index is 0.184. The summed E-state index contributed by atoms with van der Waals surface area (Å²) in [6, 6.07) is 5.74. The molecule has 1 amide bonds. The van der Waals surface area contributed by atoms with Crippen molar-refractivity contribution in [1.29, 1.82) is 0 Å². The fourth-order valence-electron chi connectivity index (χ4n) is 3.04. The fourth-order valence-corrected chi connectivity index (χ4v) is 3.04. The van der Waals surface area contributed by atoms with Gasteiger partial charge in [-0.3, -0.25) is 9.59 Å². The molecular formula is C16H20N2O3. The molecule has 3 rings (SSSR count). The van der Waals surface area contributed by atoms with Gasteiger partial charge in [-0.2, -0.15) is 0 Å². The summed E-state index contributed by atoms with van der Waals surface area (Å²) in [5.41, 5.74) is 2.31. The van der Waals surface area contributed by atoms with E-state index in [-0.39, 0.29) is 12.5 Å². The van der Waals surface area contributed by atoms with Gasteiger partial charge in [0.05, 0.1) is 5.41 Å². The summed E-state index contributed by atoms with van der Waals surface area (Å²) in [6.07, 6.45) is 3.21. The number of carboxylic acids is 1. The molecule has 112 valence electrons. The molecule has 1 aliphatic heterocycles. The van der Waals surface area contributed by atoms with Gasteiger partial charge in [0.1, 0.15) is 0 Å². The van der Waals surface area contributed by atoms with E-state index in [1.54, 1.807) is 0 Å². The molecule has 2 aliphatic rings. The van der Waals surface area contributed by atoms with Crippen LogP contribution in [-0.2, 0) is 17.8 Å². The number of aliphatic carboxylic acids is 1. The molecule has 0 spiro atoms. The Hall–Kier alpha value is -1.88. The zero-order valence-corrected chi connectivity index (χ0v) is 11.9. The van der Waals surface area contributed by atoms with Crippen LogP contribution in [0, 0.1) is 5.41 Å². The number of fused-ring (bicyclic) bond motifs is 1. The third kappa shape index (κ3) is 2.65. The molecule has 0 unspecified atom stereocenters. The van der Waals surface area contributed by atoms with Crippen LogP contribution in [0.2, 0.25) is 0 Å². The first-order valence-corrected chi connectivity index (χ1v) is 7.45. The zero-order valence-electron chi connectivity index (χ0n) is 11.9. The Morgan fingerprint density at radius 1 is 1.29 bits per heavy atom. The topological polar surface area (TPSA) is 78.4 Å². The summed E-state index contributed by atoms with van der Waals surface area (Å²) in [7, 11) is 0. The molecule has 0 aromatic heterocycles. The lowest BCUT2D eigenvalue weighted by atomic mass is 9.69. The lowest BCUT2D eigenvalue weighted by Crippen LogP contribution is -2.47. The molecule has 21 heavy (non-hydrogen) atoms. The van der Waals surface area contributed by atoms with Gasteiger partial charge in [-0.1, -0.05) is 12.5 Å². The highest BCUT2D eigenvalue weighted by Crippen LogP contribution is 2.40. The number of carbonyl (C=O) groups is 2. The highest BCUT2D eigenvalue weighted by molar-refractivity contribution is 5.94. The minimum Gasteiger partial charge on any atom is -0.481 e. The predicted molar refractivity (Wildman–Crippen MR) is 78.1 cm³/mol. The maximum absolute atomic E-state index is 12.2. The van der Waals surface area contributed by atoms with E-state index in [1.807, 2.05) is 18.2 Å². The van der Waals surface area contributed by atoms with Crippen molar-refractivity contribution >= 4 is 11.9 Å². The van der Waals surface area contributed by atoms with Crippen LogP contribution < -0.4 is 10.6 Å². The van der Waals surface area contributed by atoms with Crippen LogP contribution in [0.4, 0.5) is 0 Å². The number of hydrogen-bond donors (Lipinski definition) is 3. The smallest absolute Gasteiger partial charge is 0.311 e. The second kappa shape index (κ2) is 5.48. The van der Waals surface area contributed by atoms with Crippen LogP contribution in [0.1, 0.15) is 40.7 Å². The SMILES string of the molecule is O=C(NCC1(C(=O)O)CCC1)c1ccc2c(c1)CNCC2. The second-order valence-corrected chi connectivity index (χ2v) is 6.03. The molecule has 1 saturated carbocycles. The summed E-state index contributed by atoms with van der Waals surface area (Å²) in [6.45, 7) is 1.98. The van der Waals surface area contributed by atoms with Crippen molar-refractivity contribution in [1.82, 2.24) is 10.6 Å². The summed E-state index contributed by atoms with van der Waals surface area (Å²) in [4.78, 5) is 23.5. The molecule has 0 radical (unpaired) electrons. The Kier molecular flexibility index (Phi) is 3.68. The van der Waals surface area contributed by atoms with Crippen molar-refractivity contribution in [3.05, 3.63) is 34.9 Å². The lowest BCUT2D eigenvalue weighted by Gasteiger charge is -2.37. The predicted octanol–water partition coefficient (Wildman–Crippen LogP) is 1.32. The quantitative estimate of drug-likeness (QED) is 0.781. The van der Waals surface area contributed by atoms with Gasteiger partial charge >= 0.3 is 5.97 Å². The summed E-state index contributed by atoms with van der Waals surface area (Å²) in [5.74, 6) is -0.986. The summed E-state index contributed by atoms with van der Waals surface area (Å²) in [5, 5.41) is 15.3. The van der Waals surface area contributed by atoms with Crippen LogP contribution in [0.25, 0.3) is 0 Å². The number of benzene rings is 1. The van der Waals surface area contributed by atoms with Crippen LogP contribution in [0.5, 0.6) is 0 Å². The molecule has 0 saturated heterocycles. The van der Waals surface area contributed by atoms with Crippen molar-refractivity contribution in [3.63, 3.8) is 0 Å². The number of hydrogen-bond acceptors (Lipinski definition) is 3. The maximum Gasteiger partial charge on any atom is 0.311 e. The van der Waals surface area contributed by atoms with Gasteiger partial charge in [-0.25, -0.2) is 0 Å². The Morgan fingerprint density at radius 2 is 2.10 bits per heavy atom. The van der Waals surface area contributed by atoms with Gasteiger partial charge in [0, 0.05) is 18.7 Å². The Bertz CT molecular complexity index is 579. The van der Waals surface area contributed by atoms with E-state index in [1.165, 1.54) is 5.56 Å². The average Bonchev–Trinajstić information content (AvgIpc) is 2.45. The highest BCUT2D eigenvalue weighted by Gasteiger charge is 2.44. The van der Waals surface area contributed by atoms with E-state index in [0.29, 0.717) is 18.4 Å². The molecule has 1 heterocycles. The number of amides is 1. The molecule has 0 atom stereocenters. The minimum atomic E-state index is -0.802. The third-order valence-corrected chi connectivity index (χ3v) is 4.71. The van der Waals surface area contributed by atoms with Crippen molar-refractivity contribution in [3.8, 4) is 0 Å². The zero-order chi connectivity index (χ0) is 14.9. The first-order valence-electron chi connectivity index (χ1n) is 7.45. The van der Waals surface area contributed by atoms with E-state index in [0.717, 1.165) is 31.5 Å². The third-order valence-electron chi connectivity index (χ3n) is 4.71. The molecule has 5 heteroatoms. The van der Waals surface area contributed by atoms with Gasteiger partial charge < -0.3 is 15.7 Å². The second-order valence-electron chi connectivity index (χ2n) is 6.03. The van der Waals surface area contributed by atoms with E-state index >= 15 is 0 Å². The Morgan fingerprint density at radius 3 is 2.76 bits per heavy atom. The summed E-state index contributed by atoms with van der Waals surface area (Å²) < 4.78 is 0. The molecule has 3 N–H and O–H groups in total. The van der Waals surface area contributed by atoms with Crippen LogP contribution in [0.3, 0.4) is 0 Å². The standard InChI is InChI=1S/C16H20N2O3/c19-14(18-10-16(15(20)21)5-1-6-16)12-3-2-11-4-7-17-9-13(11)8-12/h2-3,8,17H,1,4-7,9-10H2,(H,18,19)(H,20,21). The number of carboxylic acid groups (broad SMARTS) is 1. The lowest BCUT2D eigenvalue weighted by molar-refractivity contribution is -0.153. The van der Waals surface area contributed by atoms with Crippen molar-refractivity contribution in [2.45, 2.75) is 32.2 Å². The van der Waals surface area contributed by atoms with Gasteiger partial charge in [0.2, 0.25) is 0 Å². The van der Waals surface area contributed by atoms with Crippen LogP contribution in [0.15, 0.2) is 18.2 Å². The first-order chi connectivity index (χ1) is 10.1. The Labute approximate surface area is 123 Å². The van der Waals surface area contributed by atoms with Gasteiger partial charge in [0.15, 0.2) is 0 Å². The molecule has 1 aromatic rings.